The molecular formula is C13H10F6N2O2. The van der Waals surface area contributed by atoms with Crippen LogP contribution in [0, 0.1) is 0 Å². The first-order chi connectivity index (χ1) is 10.5. The van der Waals surface area contributed by atoms with E-state index in [1.54, 1.807) is 0 Å². The summed E-state index contributed by atoms with van der Waals surface area (Å²) in [6.07, 6.45) is -9.81. The maximum absolute atomic E-state index is 12.7. The monoisotopic (exact) mass is 340 g/mol. The van der Waals surface area contributed by atoms with Gasteiger partial charge in [0.25, 0.3) is 0 Å². The van der Waals surface area contributed by atoms with Gasteiger partial charge in [-0.3, -0.25) is 9.59 Å². The number of halogens is 6. The minimum Gasteiger partial charge on any atom is -0.344 e. The normalized spacial score (nSPS) is 18.7. The standard InChI is InChI=1S/C13H10F6N2O2/c14-12(15,16)6-3-7(13(17,18)19)5-8(4-6)20-11(23)9-1-2-10(22)21-9/h3-5,9H,1-2H2,(H,20,23)(H,21,22)/t9-/m1/s1. The summed E-state index contributed by atoms with van der Waals surface area (Å²) < 4.78 is 76.1. The molecule has 126 valence electrons. The highest BCUT2D eigenvalue weighted by molar-refractivity contribution is 5.99. The smallest absolute Gasteiger partial charge is 0.344 e. The van der Waals surface area contributed by atoms with E-state index >= 15 is 0 Å². The van der Waals surface area contributed by atoms with Gasteiger partial charge in [-0.1, -0.05) is 0 Å². The maximum Gasteiger partial charge on any atom is 0.416 e. The van der Waals surface area contributed by atoms with E-state index < -0.39 is 47.0 Å². The topological polar surface area (TPSA) is 58.2 Å². The van der Waals surface area contributed by atoms with Gasteiger partial charge in [0.15, 0.2) is 0 Å². The second-order valence-electron chi connectivity index (χ2n) is 4.94. The molecule has 10 heteroatoms. The number of alkyl halides is 6. The molecule has 2 amide bonds. The Morgan fingerprint density at radius 1 is 1.04 bits per heavy atom. The Bertz CT molecular complexity index is 606. The van der Waals surface area contributed by atoms with Crippen LogP contribution in [-0.4, -0.2) is 17.9 Å². The largest absolute Gasteiger partial charge is 0.416 e. The summed E-state index contributed by atoms with van der Waals surface area (Å²) in [6.45, 7) is 0. The van der Waals surface area contributed by atoms with E-state index in [4.69, 9.17) is 0 Å². The van der Waals surface area contributed by atoms with Crippen LogP contribution in [0.15, 0.2) is 18.2 Å². The third-order valence-corrected chi connectivity index (χ3v) is 3.17. The molecule has 1 atom stereocenters. The van der Waals surface area contributed by atoms with Gasteiger partial charge in [-0.05, 0) is 24.6 Å². The fraction of sp³-hybridized carbons (Fsp3) is 0.385. The number of hydrogen-bond acceptors (Lipinski definition) is 2. The van der Waals surface area contributed by atoms with E-state index in [9.17, 15) is 35.9 Å². The molecule has 2 rings (SSSR count). The molecule has 0 spiro atoms. The van der Waals surface area contributed by atoms with Crippen LogP contribution in [0.25, 0.3) is 0 Å². The molecule has 1 aromatic rings. The molecule has 1 fully saturated rings. The molecular weight excluding hydrogens is 330 g/mol. The number of carbonyl (C=O) groups excluding carboxylic acids is 2. The predicted octanol–water partition coefficient (Wildman–Crippen LogP) is 2.94. The van der Waals surface area contributed by atoms with Crippen LogP contribution in [0.3, 0.4) is 0 Å². The van der Waals surface area contributed by atoms with Crippen molar-refractivity contribution in [3.8, 4) is 0 Å². The molecule has 2 N–H and O–H groups in total. The van der Waals surface area contributed by atoms with E-state index in [-0.39, 0.29) is 18.9 Å². The average Bonchev–Trinajstić information content (AvgIpc) is 2.83. The second-order valence-corrected chi connectivity index (χ2v) is 4.94. The number of anilines is 1. The van der Waals surface area contributed by atoms with Gasteiger partial charge in [-0.25, -0.2) is 0 Å². The molecule has 1 aromatic carbocycles. The first kappa shape index (κ1) is 17.1. The lowest BCUT2D eigenvalue weighted by atomic mass is 10.1. The Morgan fingerprint density at radius 3 is 1.96 bits per heavy atom. The van der Waals surface area contributed by atoms with Crippen molar-refractivity contribution in [2.24, 2.45) is 0 Å². The van der Waals surface area contributed by atoms with Crippen LogP contribution in [-0.2, 0) is 21.9 Å². The zero-order valence-corrected chi connectivity index (χ0v) is 11.3. The summed E-state index contributed by atoms with van der Waals surface area (Å²) in [5, 5.41) is 4.24. The molecule has 0 radical (unpaired) electrons. The number of nitrogens with one attached hydrogen (secondary N) is 2. The Labute approximate surface area is 125 Å². The number of amides is 2. The zero-order chi connectivity index (χ0) is 17.4. The molecule has 23 heavy (non-hydrogen) atoms. The van der Waals surface area contributed by atoms with Crippen LogP contribution in [0.4, 0.5) is 32.0 Å². The van der Waals surface area contributed by atoms with Crippen molar-refractivity contribution in [1.29, 1.82) is 0 Å². The third-order valence-electron chi connectivity index (χ3n) is 3.17. The van der Waals surface area contributed by atoms with Crippen LogP contribution >= 0.6 is 0 Å². The lowest BCUT2D eigenvalue weighted by Crippen LogP contribution is -2.37. The van der Waals surface area contributed by atoms with Crippen LogP contribution in [0.5, 0.6) is 0 Å². The fourth-order valence-corrected chi connectivity index (χ4v) is 2.07. The van der Waals surface area contributed by atoms with Crippen molar-refractivity contribution in [1.82, 2.24) is 5.32 Å². The van der Waals surface area contributed by atoms with Gasteiger partial charge in [0, 0.05) is 12.1 Å². The molecule has 1 saturated heterocycles. The summed E-state index contributed by atoms with van der Waals surface area (Å²) in [6, 6.07) is -0.202. The highest BCUT2D eigenvalue weighted by atomic mass is 19.4. The zero-order valence-electron chi connectivity index (χ0n) is 11.3. The van der Waals surface area contributed by atoms with Crippen LogP contribution in [0.2, 0.25) is 0 Å². The Kier molecular flexibility index (Phi) is 4.27. The quantitative estimate of drug-likeness (QED) is 0.814. The van der Waals surface area contributed by atoms with Crippen molar-refractivity contribution in [2.45, 2.75) is 31.2 Å². The number of hydrogen-bond donors (Lipinski definition) is 2. The second kappa shape index (κ2) is 5.74. The van der Waals surface area contributed by atoms with Crippen LogP contribution in [0.1, 0.15) is 24.0 Å². The Morgan fingerprint density at radius 2 is 1.57 bits per heavy atom. The third kappa shape index (κ3) is 4.14. The highest BCUT2D eigenvalue weighted by Crippen LogP contribution is 2.37. The minimum absolute atomic E-state index is 0.0347. The highest BCUT2D eigenvalue weighted by Gasteiger charge is 2.37. The summed E-state index contributed by atoms with van der Waals surface area (Å²) >= 11 is 0. The molecule has 1 aliphatic rings. The number of carbonyl (C=O) groups is 2. The van der Waals surface area contributed by atoms with Gasteiger partial charge in [0.2, 0.25) is 11.8 Å². The van der Waals surface area contributed by atoms with Gasteiger partial charge in [-0.2, -0.15) is 26.3 Å². The molecule has 1 heterocycles. The van der Waals surface area contributed by atoms with Crippen LogP contribution < -0.4 is 10.6 Å². The van der Waals surface area contributed by atoms with E-state index in [0.717, 1.165) is 0 Å². The first-order valence-electron chi connectivity index (χ1n) is 6.36. The van der Waals surface area contributed by atoms with Gasteiger partial charge < -0.3 is 10.6 Å². The molecule has 0 aromatic heterocycles. The van der Waals surface area contributed by atoms with Crippen molar-refractivity contribution >= 4 is 17.5 Å². The Hall–Kier alpha value is -2.26. The molecule has 0 aliphatic carbocycles. The first-order valence-corrected chi connectivity index (χ1v) is 6.36. The van der Waals surface area contributed by atoms with E-state index in [1.807, 2.05) is 5.32 Å². The lowest BCUT2D eigenvalue weighted by Gasteiger charge is -2.16. The predicted molar refractivity (Wildman–Crippen MR) is 66.2 cm³/mol. The summed E-state index contributed by atoms with van der Waals surface area (Å²) in [7, 11) is 0. The summed E-state index contributed by atoms with van der Waals surface area (Å²) in [5.41, 5.74) is -3.70. The molecule has 4 nitrogen and oxygen atoms in total. The number of benzene rings is 1. The minimum atomic E-state index is -5.00. The van der Waals surface area contributed by atoms with Gasteiger partial charge in [0.05, 0.1) is 11.1 Å². The summed E-state index contributed by atoms with van der Waals surface area (Å²) in [4.78, 5) is 22.8. The maximum atomic E-state index is 12.7. The van der Waals surface area contributed by atoms with E-state index in [2.05, 4.69) is 5.32 Å². The van der Waals surface area contributed by atoms with Gasteiger partial charge in [-0.15, -0.1) is 0 Å². The molecule has 1 aliphatic heterocycles. The van der Waals surface area contributed by atoms with E-state index in [1.165, 1.54) is 0 Å². The lowest BCUT2D eigenvalue weighted by molar-refractivity contribution is -0.143. The SMILES string of the molecule is O=C1CC[C@H](C(=O)Nc2cc(C(F)(F)F)cc(C(F)(F)F)c2)N1. The average molecular weight is 340 g/mol. The molecule has 0 saturated carbocycles. The van der Waals surface area contributed by atoms with Gasteiger partial charge in [0.1, 0.15) is 6.04 Å². The van der Waals surface area contributed by atoms with Gasteiger partial charge >= 0.3 is 12.4 Å². The summed E-state index contributed by atoms with van der Waals surface area (Å²) in [5.74, 6) is -1.28. The van der Waals surface area contributed by atoms with Crippen molar-refractivity contribution in [3.63, 3.8) is 0 Å². The molecule has 0 unspecified atom stereocenters. The van der Waals surface area contributed by atoms with Crippen molar-refractivity contribution < 1.29 is 35.9 Å². The van der Waals surface area contributed by atoms with Crippen molar-refractivity contribution in [2.75, 3.05) is 5.32 Å². The van der Waals surface area contributed by atoms with Crippen molar-refractivity contribution in [3.05, 3.63) is 29.3 Å². The fourth-order valence-electron chi connectivity index (χ4n) is 2.07. The molecule has 0 bridgehead atoms. The number of rotatable bonds is 2. The Balaban J connectivity index is 2.30. The van der Waals surface area contributed by atoms with E-state index in [0.29, 0.717) is 12.1 Å².